The van der Waals surface area contributed by atoms with Gasteiger partial charge in [0.25, 0.3) is 5.91 Å². The molecular weight excluding hydrogens is 382 g/mol. The molecule has 2 N–H and O–H groups in total. The highest BCUT2D eigenvalue weighted by Crippen LogP contribution is 2.10. The van der Waals surface area contributed by atoms with E-state index in [-0.39, 0.29) is 5.82 Å². The Kier molecular flexibility index (Phi) is 7.71. The van der Waals surface area contributed by atoms with Gasteiger partial charge >= 0.3 is 5.97 Å². The van der Waals surface area contributed by atoms with Crippen molar-refractivity contribution in [2.45, 2.75) is 26.0 Å². The summed E-state index contributed by atoms with van der Waals surface area (Å²) in [6.07, 6.45) is 3.27. The van der Waals surface area contributed by atoms with Crippen LogP contribution in [0.4, 0.5) is 5.82 Å². The zero-order valence-electron chi connectivity index (χ0n) is 15.4. The maximum atomic E-state index is 12.1. The van der Waals surface area contributed by atoms with E-state index < -0.39 is 29.9 Å². The van der Waals surface area contributed by atoms with Crippen molar-refractivity contribution in [3.63, 3.8) is 0 Å². The Labute approximate surface area is 167 Å². The average Bonchev–Trinajstić information content (AvgIpc) is 2.68. The van der Waals surface area contributed by atoms with E-state index in [1.165, 1.54) is 32.2 Å². The molecule has 1 aromatic heterocycles. The molecule has 8 heteroatoms. The number of hydrogen-bond acceptors (Lipinski definition) is 5. The average molecular weight is 402 g/mol. The van der Waals surface area contributed by atoms with Crippen molar-refractivity contribution in [2.75, 3.05) is 5.32 Å². The minimum atomic E-state index is -1.07. The summed E-state index contributed by atoms with van der Waals surface area (Å²) in [6.45, 7) is 2.90. The molecule has 2 atom stereocenters. The molecule has 0 bridgehead atoms. The van der Waals surface area contributed by atoms with Crippen LogP contribution in [0.15, 0.2) is 54.7 Å². The van der Waals surface area contributed by atoms with Gasteiger partial charge < -0.3 is 15.4 Å². The normalized spacial score (nSPS) is 12.8. The van der Waals surface area contributed by atoms with Gasteiger partial charge in [0, 0.05) is 12.3 Å². The highest BCUT2D eigenvalue weighted by Gasteiger charge is 2.23. The number of halogens is 1. The molecular formula is C20H20ClN3O4. The summed E-state index contributed by atoms with van der Waals surface area (Å²) in [5.41, 5.74) is 0.856. The van der Waals surface area contributed by atoms with Gasteiger partial charge in [-0.15, -0.1) is 0 Å². The van der Waals surface area contributed by atoms with Gasteiger partial charge in [0.1, 0.15) is 11.9 Å². The number of carbonyl (C=O) groups excluding carboxylic acids is 3. The van der Waals surface area contributed by atoms with Crippen LogP contribution in [-0.2, 0) is 19.1 Å². The highest BCUT2D eigenvalue weighted by molar-refractivity contribution is 6.30. The van der Waals surface area contributed by atoms with Gasteiger partial charge in [0.15, 0.2) is 6.10 Å². The molecule has 2 rings (SSSR count). The first-order chi connectivity index (χ1) is 13.3. The molecule has 0 saturated carbocycles. The number of nitrogens with zero attached hydrogens (tertiary/aromatic N) is 1. The Bertz CT molecular complexity index is 854. The Morgan fingerprint density at radius 2 is 1.82 bits per heavy atom. The number of amides is 2. The van der Waals surface area contributed by atoms with Crippen molar-refractivity contribution in [2.24, 2.45) is 0 Å². The molecule has 0 spiro atoms. The lowest BCUT2D eigenvalue weighted by atomic mass is 10.2. The second kappa shape index (κ2) is 10.2. The van der Waals surface area contributed by atoms with Gasteiger partial charge in [-0.05, 0) is 37.6 Å². The first-order valence-electron chi connectivity index (χ1n) is 8.51. The van der Waals surface area contributed by atoms with E-state index in [1.807, 2.05) is 30.3 Å². The largest absolute Gasteiger partial charge is 0.451 e. The Hall–Kier alpha value is -3.19. The minimum absolute atomic E-state index is 0.282. The Balaban J connectivity index is 1.81. The van der Waals surface area contributed by atoms with E-state index in [0.29, 0.717) is 5.02 Å². The molecule has 7 nitrogen and oxygen atoms in total. The fourth-order valence-corrected chi connectivity index (χ4v) is 2.18. The lowest BCUT2D eigenvalue weighted by molar-refractivity contribution is -0.155. The molecule has 0 aliphatic rings. The van der Waals surface area contributed by atoms with Crippen molar-refractivity contribution < 1.29 is 19.1 Å². The molecule has 1 aromatic carbocycles. The third-order valence-electron chi connectivity index (χ3n) is 3.58. The lowest BCUT2D eigenvalue weighted by Crippen LogP contribution is -2.41. The molecule has 2 amide bonds. The zero-order chi connectivity index (χ0) is 20.5. The van der Waals surface area contributed by atoms with E-state index in [9.17, 15) is 14.4 Å². The molecule has 146 valence electrons. The Morgan fingerprint density at radius 3 is 2.46 bits per heavy atom. The number of aromatic nitrogens is 1. The van der Waals surface area contributed by atoms with Crippen LogP contribution in [0.5, 0.6) is 0 Å². The number of pyridine rings is 1. The molecule has 0 saturated heterocycles. The fraction of sp³-hybridized carbons (Fsp3) is 0.200. The lowest BCUT2D eigenvalue weighted by Gasteiger charge is -2.17. The predicted molar refractivity (Wildman–Crippen MR) is 107 cm³/mol. The van der Waals surface area contributed by atoms with Crippen LogP contribution in [0.3, 0.4) is 0 Å². The molecule has 0 radical (unpaired) electrons. The Morgan fingerprint density at radius 1 is 1.11 bits per heavy atom. The zero-order valence-corrected chi connectivity index (χ0v) is 16.1. The fourth-order valence-electron chi connectivity index (χ4n) is 2.06. The van der Waals surface area contributed by atoms with Gasteiger partial charge in [0.05, 0.1) is 5.02 Å². The van der Waals surface area contributed by atoms with Crippen LogP contribution in [0.2, 0.25) is 5.02 Å². The maximum absolute atomic E-state index is 12.1. The molecule has 0 aliphatic heterocycles. The third-order valence-corrected chi connectivity index (χ3v) is 3.80. The smallest absolute Gasteiger partial charge is 0.329 e. The molecule has 0 aliphatic carbocycles. The van der Waals surface area contributed by atoms with Gasteiger partial charge in [-0.25, -0.2) is 9.78 Å². The number of carbonyl (C=O) groups is 3. The number of hydrogen-bond donors (Lipinski definition) is 2. The van der Waals surface area contributed by atoms with E-state index >= 15 is 0 Å². The summed E-state index contributed by atoms with van der Waals surface area (Å²) in [5.74, 6) is -1.45. The van der Waals surface area contributed by atoms with Gasteiger partial charge in [-0.1, -0.05) is 41.9 Å². The number of anilines is 1. The van der Waals surface area contributed by atoms with Crippen LogP contribution in [0.1, 0.15) is 19.4 Å². The summed E-state index contributed by atoms with van der Waals surface area (Å²) in [7, 11) is 0. The molecule has 28 heavy (non-hydrogen) atoms. The summed E-state index contributed by atoms with van der Waals surface area (Å²) >= 11 is 5.73. The number of esters is 1. The van der Waals surface area contributed by atoms with Crippen LogP contribution in [0, 0.1) is 0 Å². The van der Waals surface area contributed by atoms with Crippen LogP contribution < -0.4 is 10.6 Å². The van der Waals surface area contributed by atoms with Gasteiger partial charge in [-0.2, -0.15) is 0 Å². The molecule has 1 heterocycles. The quantitative estimate of drug-likeness (QED) is 0.549. The van der Waals surface area contributed by atoms with Crippen molar-refractivity contribution in [1.82, 2.24) is 10.3 Å². The van der Waals surface area contributed by atoms with Gasteiger partial charge in [-0.3, -0.25) is 9.59 Å². The van der Waals surface area contributed by atoms with Crippen LogP contribution >= 0.6 is 11.6 Å². The topological polar surface area (TPSA) is 97.4 Å². The SMILES string of the molecule is C[C@H](NC(=O)/C=C/c1ccccc1)C(=O)O[C@H](C)C(=O)Nc1ccc(Cl)cn1. The maximum Gasteiger partial charge on any atom is 0.329 e. The standard InChI is InChI=1S/C20H20ClN3O4/c1-13(23-18(25)11-8-15-6-4-3-5-7-15)20(27)28-14(2)19(26)24-17-10-9-16(21)12-22-17/h3-14H,1-2H3,(H,23,25)(H,22,24,26)/b11-8+/t13-,14+/m0/s1. The first kappa shape index (κ1) is 21.1. The summed E-state index contributed by atoms with van der Waals surface area (Å²) < 4.78 is 5.09. The van der Waals surface area contributed by atoms with E-state index in [4.69, 9.17) is 16.3 Å². The van der Waals surface area contributed by atoms with Gasteiger partial charge in [0.2, 0.25) is 5.91 Å². The van der Waals surface area contributed by atoms with Crippen molar-refractivity contribution in [3.05, 3.63) is 65.3 Å². The molecule has 2 aromatic rings. The van der Waals surface area contributed by atoms with E-state index in [2.05, 4.69) is 15.6 Å². The number of rotatable bonds is 7. The van der Waals surface area contributed by atoms with Crippen molar-refractivity contribution in [1.29, 1.82) is 0 Å². The second-order valence-electron chi connectivity index (χ2n) is 5.90. The second-order valence-corrected chi connectivity index (χ2v) is 6.34. The van der Waals surface area contributed by atoms with E-state index in [0.717, 1.165) is 5.56 Å². The predicted octanol–water partition coefficient (Wildman–Crippen LogP) is 2.82. The summed E-state index contributed by atoms with van der Waals surface area (Å²) in [4.78, 5) is 40.0. The van der Waals surface area contributed by atoms with Crippen molar-refractivity contribution in [3.8, 4) is 0 Å². The van der Waals surface area contributed by atoms with Crippen LogP contribution in [-0.4, -0.2) is 34.9 Å². The first-order valence-corrected chi connectivity index (χ1v) is 8.89. The number of benzene rings is 1. The van der Waals surface area contributed by atoms with E-state index in [1.54, 1.807) is 12.1 Å². The monoisotopic (exact) mass is 401 g/mol. The molecule has 0 unspecified atom stereocenters. The minimum Gasteiger partial charge on any atom is -0.451 e. The van der Waals surface area contributed by atoms with Crippen molar-refractivity contribution >= 4 is 41.3 Å². The van der Waals surface area contributed by atoms with Crippen LogP contribution in [0.25, 0.3) is 6.08 Å². The summed E-state index contributed by atoms with van der Waals surface area (Å²) in [5, 5.41) is 5.43. The third kappa shape index (κ3) is 6.85. The highest BCUT2D eigenvalue weighted by atomic mass is 35.5. The molecule has 0 fully saturated rings. The number of ether oxygens (including phenoxy) is 1. The number of nitrogens with one attached hydrogen (secondary N) is 2. The summed E-state index contributed by atoms with van der Waals surface area (Å²) in [6, 6.07) is 11.4.